The summed E-state index contributed by atoms with van der Waals surface area (Å²) in [5.74, 6) is 0. The van der Waals surface area contributed by atoms with E-state index in [1.54, 1.807) is 5.57 Å². The molecule has 0 spiro atoms. The topological polar surface area (TPSA) is 3.24 Å². The summed E-state index contributed by atoms with van der Waals surface area (Å²) < 4.78 is 0. The van der Waals surface area contributed by atoms with Gasteiger partial charge in [-0.1, -0.05) is 26.3 Å². The van der Waals surface area contributed by atoms with Crippen molar-refractivity contribution in [3.63, 3.8) is 0 Å². The molecule has 0 radical (unpaired) electrons. The van der Waals surface area contributed by atoms with Gasteiger partial charge in [-0.2, -0.15) is 0 Å². The third-order valence-corrected chi connectivity index (χ3v) is 2.80. The van der Waals surface area contributed by atoms with Crippen molar-refractivity contribution >= 4 is 0 Å². The molecule has 0 fully saturated rings. The van der Waals surface area contributed by atoms with Crippen molar-refractivity contribution in [2.24, 2.45) is 0 Å². The molecule has 0 aromatic carbocycles. The van der Waals surface area contributed by atoms with Crippen molar-refractivity contribution in [2.45, 2.75) is 46.1 Å². The first-order valence-electron chi connectivity index (χ1n) is 5.42. The molecule has 1 rings (SSSR count). The summed E-state index contributed by atoms with van der Waals surface area (Å²) in [6.07, 6.45) is 10.4. The molecule has 0 bridgehead atoms. The van der Waals surface area contributed by atoms with Gasteiger partial charge in [0.1, 0.15) is 0 Å². The minimum Gasteiger partial charge on any atom is -0.371 e. The second kappa shape index (κ2) is 5.11. The summed E-state index contributed by atoms with van der Waals surface area (Å²) in [6.45, 7) is 7.98. The molecular formula is C12H21N. The predicted octanol–water partition coefficient (Wildman–Crippen LogP) is 3.34. The zero-order valence-electron chi connectivity index (χ0n) is 9.09. The quantitative estimate of drug-likeness (QED) is 0.639. The summed E-state index contributed by atoms with van der Waals surface area (Å²) in [5.41, 5.74) is 1.55. The minimum atomic E-state index is 0.613. The van der Waals surface area contributed by atoms with E-state index in [-0.39, 0.29) is 0 Å². The van der Waals surface area contributed by atoms with Gasteiger partial charge in [0.15, 0.2) is 0 Å². The maximum absolute atomic E-state index is 2.45. The molecule has 0 aliphatic carbocycles. The Morgan fingerprint density at radius 3 is 2.77 bits per heavy atom. The number of hydrogen-bond donors (Lipinski definition) is 0. The highest BCUT2D eigenvalue weighted by Crippen LogP contribution is 2.19. The lowest BCUT2D eigenvalue weighted by Gasteiger charge is -2.31. The summed E-state index contributed by atoms with van der Waals surface area (Å²) in [7, 11) is 0. The third kappa shape index (κ3) is 2.61. The van der Waals surface area contributed by atoms with E-state index in [9.17, 15) is 0 Å². The molecular weight excluding hydrogens is 158 g/mol. The Morgan fingerprint density at radius 2 is 2.15 bits per heavy atom. The van der Waals surface area contributed by atoms with Crippen LogP contribution in [0.2, 0.25) is 0 Å². The first-order chi connectivity index (χ1) is 6.29. The van der Waals surface area contributed by atoms with Gasteiger partial charge in [-0.15, -0.1) is 0 Å². The van der Waals surface area contributed by atoms with Crippen LogP contribution in [0.1, 0.15) is 40.0 Å². The Kier molecular flexibility index (Phi) is 4.07. The van der Waals surface area contributed by atoms with E-state index in [2.05, 4.69) is 44.0 Å². The molecule has 1 heteroatoms. The number of unbranched alkanes of at least 4 members (excludes halogenated alkanes) is 1. The average Bonchev–Trinajstić information content (AvgIpc) is 2.16. The molecule has 1 heterocycles. The Labute approximate surface area is 82.1 Å². The van der Waals surface area contributed by atoms with Crippen molar-refractivity contribution in [3.05, 3.63) is 23.9 Å². The maximum Gasteiger partial charge on any atom is 0.0471 e. The Hall–Kier alpha value is -0.720. The van der Waals surface area contributed by atoms with Crippen LogP contribution in [-0.4, -0.2) is 17.5 Å². The maximum atomic E-state index is 2.45. The molecule has 0 amide bonds. The van der Waals surface area contributed by atoms with Crippen LogP contribution < -0.4 is 0 Å². The van der Waals surface area contributed by atoms with Gasteiger partial charge < -0.3 is 4.90 Å². The van der Waals surface area contributed by atoms with Gasteiger partial charge in [-0.25, -0.2) is 0 Å². The highest BCUT2D eigenvalue weighted by Gasteiger charge is 2.14. The van der Waals surface area contributed by atoms with Gasteiger partial charge in [-0.3, -0.25) is 0 Å². The van der Waals surface area contributed by atoms with Crippen LogP contribution in [0.15, 0.2) is 23.9 Å². The first kappa shape index (κ1) is 10.4. The van der Waals surface area contributed by atoms with Crippen LogP contribution >= 0.6 is 0 Å². The number of rotatable bonds is 4. The Morgan fingerprint density at radius 1 is 1.38 bits per heavy atom. The molecule has 1 nitrogen and oxygen atoms in total. The molecule has 1 unspecified atom stereocenters. The van der Waals surface area contributed by atoms with Crippen molar-refractivity contribution in [1.82, 2.24) is 4.90 Å². The molecule has 0 saturated heterocycles. The highest BCUT2D eigenvalue weighted by atomic mass is 15.1. The summed E-state index contributed by atoms with van der Waals surface area (Å²) in [6, 6.07) is 0.613. The van der Waals surface area contributed by atoms with Crippen LogP contribution in [0, 0.1) is 0 Å². The molecule has 74 valence electrons. The van der Waals surface area contributed by atoms with E-state index in [1.165, 1.54) is 25.8 Å². The van der Waals surface area contributed by atoms with E-state index in [1.807, 2.05) is 0 Å². The zero-order valence-corrected chi connectivity index (χ0v) is 9.09. The normalized spacial score (nSPS) is 21.9. The lowest BCUT2D eigenvalue weighted by Crippen LogP contribution is -2.32. The van der Waals surface area contributed by atoms with Gasteiger partial charge in [0.25, 0.3) is 0 Å². The molecule has 0 aromatic heterocycles. The van der Waals surface area contributed by atoms with Crippen LogP contribution in [0.4, 0.5) is 0 Å². The fourth-order valence-electron chi connectivity index (χ4n) is 1.78. The molecule has 0 N–H and O–H groups in total. The average molecular weight is 179 g/mol. The second-order valence-electron chi connectivity index (χ2n) is 3.70. The highest BCUT2D eigenvalue weighted by molar-refractivity contribution is 5.22. The molecule has 1 atom stereocenters. The monoisotopic (exact) mass is 179 g/mol. The lowest BCUT2D eigenvalue weighted by atomic mass is 10.0. The van der Waals surface area contributed by atoms with Crippen LogP contribution in [0.25, 0.3) is 0 Å². The van der Waals surface area contributed by atoms with E-state index in [0.29, 0.717) is 6.04 Å². The van der Waals surface area contributed by atoms with Crippen LogP contribution in [0.3, 0.4) is 0 Å². The third-order valence-electron chi connectivity index (χ3n) is 2.80. The van der Waals surface area contributed by atoms with E-state index in [0.717, 1.165) is 0 Å². The smallest absolute Gasteiger partial charge is 0.0471 e. The fraction of sp³-hybridized carbons (Fsp3) is 0.667. The SMILES string of the molecule is CCCCN1C=CC=C(CC)C1C. The van der Waals surface area contributed by atoms with Crippen LogP contribution in [0.5, 0.6) is 0 Å². The summed E-state index contributed by atoms with van der Waals surface area (Å²) in [5, 5.41) is 0. The van der Waals surface area contributed by atoms with Crippen molar-refractivity contribution < 1.29 is 0 Å². The summed E-state index contributed by atoms with van der Waals surface area (Å²) in [4.78, 5) is 2.45. The molecule has 13 heavy (non-hydrogen) atoms. The largest absolute Gasteiger partial charge is 0.371 e. The summed E-state index contributed by atoms with van der Waals surface area (Å²) >= 11 is 0. The van der Waals surface area contributed by atoms with Gasteiger partial charge in [0.05, 0.1) is 0 Å². The van der Waals surface area contributed by atoms with Crippen molar-refractivity contribution in [1.29, 1.82) is 0 Å². The van der Waals surface area contributed by atoms with Gasteiger partial charge in [0.2, 0.25) is 0 Å². The van der Waals surface area contributed by atoms with Gasteiger partial charge >= 0.3 is 0 Å². The number of allylic oxidation sites excluding steroid dienone is 2. The number of nitrogens with zero attached hydrogens (tertiary/aromatic N) is 1. The van der Waals surface area contributed by atoms with Crippen molar-refractivity contribution in [2.75, 3.05) is 6.54 Å². The molecule has 1 aliphatic rings. The van der Waals surface area contributed by atoms with E-state index in [4.69, 9.17) is 0 Å². The van der Waals surface area contributed by atoms with Gasteiger partial charge in [0, 0.05) is 12.6 Å². The van der Waals surface area contributed by atoms with Crippen molar-refractivity contribution in [3.8, 4) is 0 Å². The fourth-order valence-corrected chi connectivity index (χ4v) is 1.78. The zero-order chi connectivity index (χ0) is 9.68. The standard InChI is InChI=1S/C12H21N/c1-4-6-9-13-10-7-8-12(5-2)11(13)3/h7-8,10-11H,4-6,9H2,1-3H3. The predicted molar refractivity (Wildman–Crippen MR) is 58.6 cm³/mol. The number of hydrogen-bond acceptors (Lipinski definition) is 1. The Bertz CT molecular complexity index is 203. The van der Waals surface area contributed by atoms with E-state index >= 15 is 0 Å². The Balaban J connectivity index is 2.50. The molecule has 1 aliphatic heterocycles. The lowest BCUT2D eigenvalue weighted by molar-refractivity contribution is 0.311. The van der Waals surface area contributed by atoms with Gasteiger partial charge in [-0.05, 0) is 37.6 Å². The molecule has 0 aromatic rings. The van der Waals surface area contributed by atoms with E-state index < -0.39 is 0 Å². The van der Waals surface area contributed by atoms with Crippen LogP contribution in [-0.2, 0) is 0 Å². The first-order valence-corrected chi connectivity index (χ1v) is 5.42. The second-order valence-corrected chi connectivity index (χ2v) is 3.70. The molecule has 0 saturated carbocycles. The minimum absolute atomic E-state index is 0.613.